The molecule has 1 fully saturated rings. The van der Waals surface area contributed by atoms with Gasteiger partial charge in [-0.2, -0.15) is 5.10 Å². The molecule has 0 unspecified atom stereocenters. The van der Waals surface area contributed by atoms with Gasteiger partial charge in [0.05, 0.1) is 16.3 Å². The van der Waals surface area contributed by atoms with Crippen LogP contribution >= 0.6 is 34.7 Å². The Morgan fingerprint density at radius 3 is 2.53 bits per heavy atom. The van der Waals surface area contributed by atoms with Gasteiger partial charge in [-0.3, -0.25) is 14.9 Å². The number of amides is 2. The third kappa shape index (κ3) is 3.65. The number of hydrogen-bond donors (Lipinski definition) is 1. The Balaban J connectivity index is 1.63. The van der Waals surface area contributed by atoms with Gasteiger partial charge in [-0.25, -0.2) is 9.50 Å². The van der Waals surface area contributed by atoms with E-state index in [0.29, 0.717) is 32.7 Å². The van der Waals surface area contributed by atoms with Crippen molar-refractivity contribution in [1.29, 1.82) is 0 Å². The number of carbonyl (C=O) groups excluding carboxylic acids is 2. The van der Waals surface area contributed by atoms with E-state index < -0.39 is 5.91 Å². The van der Waals surface area contributed by atoms with Crippen LogP contribution in [0.5, 0.6) is 0 Å². The molecule has 30 heavy (non-hydrogen) atoms. The van der Waals surface area contributed by atoms with Crippen LogP contribution in [0.3, 0.4) is 0 Å². The first-order valence-electron chi connectivity index (χ1n) is 9.00. The van der Waals surface area contributed by atoms with Crippen molar-refractivity contribution >= 4 is 56.9 Å². The second kappa shape index (κ2) is 7.71. The Labute approximate surface area is 184 Å². The molecule has 0 radical (unpaired) electrons. The Morgan fingerprint density at radius 1 is 1.07 bits per heavy atom. The van der Waals surface area contributed by atoms with Crippen molar-refractivity contribution in [2.45, 2.75) is 6.42 Å². The molecular formula is C21H13ClN4O2S2. The normalized spacial score (nSPS) is 15.3. The maximum atomic E-state index is 12.1. The first kappa shape index (κ1) is 19.0. The molecule has 1 aliphatic heterocycles. The van der Waals surface area contributed by atoms with Gasteiger partial charge in [-0.05, 0) is 35.5 Å². The lowest BCUT2D eigenvalue weighted by Gasteiger charge is -2.01. The number of carbonyl (C=O) groups is 2. The average molecular weight is 453 g/mol. The zero-order valence-electron chi connectivity index (χ0n) is 15.3. The number of nitrogens with one attached hydrogen (secondary N) is 1. The summed E-state index contributed by atoms with van der Waals surface area (Å²) < 4.78 is 1.73. The highest BCUT2D eigenvalue weighted by molar-refractivity contribution is 8.18. The number of thioether (sulfide) groups is 1. The standard InChI is InChI=1S/C21H13ClN4O2S2/c22-14-8-6-13(7-9-14)18-15(11-16-19(27)24-21(28)29-16)26-20(23-18)30-17(25-26)10-12-4-2-1-3-5-12/h1-9,11H,10H2,(H,24,27,28)/b16-11-. The average Bonchev–Trinajstić information content (AvgIpc) is 3.37. The minimum atomic E-state index is -0.415. The fourth-order valence-corrected chi connectivity index (χ4v) is 4.86. The van der Waals surface area contributed by atoms with E-state index in [1.807, 2.05) is 30.3 Å². The molecule has 9 heteroatoms. The third-order valence-corrected chi connectivity index (χ3v) is 6.48. The van der Waals surface area contributed by atoms with Gasteiger partial charge < -0.3 is 0 Å². The van der Waals surface area contributed by atoms with Crippen molar-refractivity contribution in [3.05, 3.63) is 80.8 Å². The number of rotatable bonds is 4. The molecule has 1 aliphatic rings. The SMILES string of the molecule is O=C1NC(=O)/C(=C/c2c(-c3ccc(Cl)cc3)nc3sc(Cc4ccccc4)nn23)S1. The van der Waals surface area contributed by atoms with Crippen molar-refractivity contribution in [1.82, 2.24) is 19.9 Å². The van der Waals surface area contributed by atoms with Gasteiger partial charge in [-0.1, -0.05) is 65.4 Å². The second-order valence-corrected chi connectivity index (χ2v) is 9.05. The number of hydrogen-bond acceptors (Lipinski definition) is 6. The van der Waals surface area contributed by atoms with Crippen LogP contribution in [0, 0.1) is 0 Å². The number of aromatic nitrogens is 3. The number of imide groups is 1. The largest absolute Gasteiger partial charge is 0.290 e. The third-order valence-electron chi connectivity index (χ3n) is 4.51. The van der Waals surface area contributed by atoms with Crippen LogP contribution in [0.2, 0.25) is 5.02 Å². The first-order valence-corrected chi connectivity index (χ1v) is 11.0. The van der Waals surface area contributed by atoms with Gasteiger partial charge in [-0.15, -0.1) is 0 Å². The Hall–Kier alpha value is -2.94. The maximum absolute atomic E-state index is 12.1. The molecule has 0 bridgehead atoms. The molecule has 148 valence electrons. The fourth-order valence-electron chi connectivity index (χ4n) is 3.14. The van der Waals surface area contributed by atoms with Crippen molar-refractivity contribution in [2.75, 3.05) is 0 Å². The Kier molecular flexibility index (Phi) is 4.90. The summed E-state index contributed by atoms with van der Waals surface area (Å²) >= 11 is 8.39. The van der Waals surface area contributed by atoms with Gasteiger partial charge in [0.2, 0.25) is 4.96 Å². The number of nitrogens with zero attached hydrogens (tertiary/aromatic N) is 3. The maximum Gasteiger partial charge on any atom is 0.290 e. The monoisotopic (exact) mass is 452 g/mol. The fraction of sp³-hybridized carbons (Fsp3) is 0.0476. The summed E-state index contributed by atoms with van der Waals surface area (Å²) in [6.07, 6.45) is 2.36. The van der Waals surface area contributed by atoms with E-state index in [4.69, 9.17) is 21.7 Å². The van der Waals surface area contributed by atoms with Crippen molar-refractivity contribution in [2.24, 2.45) is 0 Å². The summed E-state index contributed by atoms with van der Waals surface area (Å²) in [5, 5.41) is 8.16. The lowest BCUT2D eigenvalue weighted by molar-refractivity contribution is -0.115. The summed E-state index contributed by atoms with van der Waals surface area (Å²) in [5.74, 6) is -0.415. The molecule has 1 N–H and O–H groups in total. The predicted octanol–water partition coefficient (Wildman–Crippen LogP) is 5.03. The molecule has 3 heterocycles. The lowest BCUT2D eigenvalue weighted by Crippen LogP contribution is -2.17. The minimum Gasteiger partial charge on any atom is -0.282 e. The summed E-state index contributed by atoms with van der Waals surface area (Å²) in [6, 6.07) is 17.4. The van der Waals surface area contributed by atoms with E-state index in [1.54, 1.807) is 22.7 Å². The van der Waals surface area contributed by atoms with Crippen LogP contribution in [0.15, 0.2) is 59.5 Å². The number of halogens is 1. The summed E-state index contributed by atoms with van der Waals surface area (Å²) in [4.78, 5) is 29.5. The van der Waals surface area contributed by atoms with E-state index in [-0.39, 0.29) is 5.24 Å². The van der Waals surface area contributed by atoms with Crippen LogP contribution in [0.1, 0.15) is 16.3 Å². The molecule has 2 aromatic heterocycles. The molecule has 0 saturated carbocycles. The van der Waals surface area contributed by atoms with Gasteiger partial charge in [0, 0.05) is 17.0 Å². The lowest BCUT2D eigenvalue weighted by atomic mass is 10.1. The highest BCUT2D eigenvalue weighted by atomic mass is 35.5. The number of benzene rings is 2. The first-order chi connectivity index (χ1) is 14.6. The number of fused-ring (bicyclic) bond motifs is 1. The van der Waals surface area contributed by atoms with Crippen LogP contribution in [-0.4, -0.2) is 25.7 Å². The van der Waals surface area contributed by atoms with Gasteiger partial charge in [0.25, 0.3) is 11.1 Å². The van der Waals surface area contributed by atoms with Gasteiger partial charge in [0.15, 0.2) is 0 Å². The quantitative estimate of drug-likeness (QED) is 0.439. The summed E-state index contributed by atoms with van der Waals surface area (Å²) in [7, 11) is 0. The van der Waals surface area contributed by atoms with E-state index in [9.17, 15) is 9.59 Å². The molecule has 5 rings (SSSR count). The smallest absolute Gasteiger partial charge is 0.282 e. The molecule has 6 nitrogen and oxygen atoms in total. The van der Waals surface area contributed by atoms with Crippen LogP contribution < -0.4 is 5.32 Å². The zero-order valence-corrected chi connectivity index (χ0v) is 17.7. The van der Waals surface area contributed by atoms with Crippen molar-refractivity contribution in [3.63, 3.8) is 0 Å². The molecule has 4 aromatic rings. The minimum absolute atomic E-state index is 0.314. The molecule has 1 saturated heterocycles. The highest BCUT2D eigenvalue weighted by Gasteiger charge is 2.27. The van der Waals surface area contributed by atoms with Crippen LogP contribution in [0.4, 0.5) is 4.79 Å². The molecule has 0 atom stereocenters. The van der Waals surface area contributed by atoms with E-state index in [0.717, 1.165) is 27.9 Å². The van der Waals surface area contributed by atoms with E-state index in [1.165, 1.54) is 11.3 Å². The highest BCUT2D eigenvalue weighted by Crippen LogP contribution is 2.33. The Morgan fingerprint density at radius 2 is 1.83 bits per heavy atom. The van der Waals surface area contributed by atoms with Crippen LogP contribution in [-0.2, 0) is 11.2 Å². The Bertz CT molecular complexity index is 1310. The molecule has 2 amide bonds. The van der Waals surface area contributed by atoms with Crippen molar-refractivity contribution in [3.8, 4) is 11.3 Å². The summed E-state index contributed by atoms with van der Waals surface area (Å²) in [5.41, 5.74) is 3.33. The topological polar surface area (TPSA) is 76.4 Å². The predicted molar refractivity (Wildman–Crippen MR) is 120 cm³/mol. The number of imidazole rings is 1. The van der Waals surface area contributed by atoms with Crippen molar-refractivity contribution < 1.29 is 9.59 Å². The summed E-state index contributed by atoms with van der Waals surface area (Å²) in [6.45, 7) is 0. The van der Waals surface area contributed by atoms with Gasteiger partial charge >= 0.3 is 0 Å². The van der Waals surface area contributed by atoms with Gasteiger partial charge in [0.1, 0.15) is 5.01 Å². The van der Waals surface area contributed by atoms with Crippen LogP contribution in [0.25, 0.3) is 22.3 Å². The van der Waals surface area contributed by atoms with E-state index in [2.05, 4.69) is 17.4 Å². The molecule has 0 aliphatic carbocycles. The molecule has 2 aromatic carbocycles. The molecule has 0 spiro atoms. The zero-order chi connectivity index (χ0) is 20.7. The second-order valence-electron chi connectivity index (χ2n) is 6.56. The van der Waals surface area contributed by atoms with E-state index >= 15 is 0 Å². The molecular weight excluding hydrogens is 440 g/mol.